The largest absolute Gasteiger partial charge is 0.507 e. The van der Waals surface area contributed by atoms with E-state index >= 15 is 4.39 Å². The van der Waals surface area contributed by atoms with Crippen molar-refractivity contribution in [1.82, 2.24) is 24.4 Å². The molecule has 44 heavy (non-hydrogen) atoms. The maximum Gasteiger partial charge on any atom is 0.355 e. The number of nitrogens with zero attached hydrogens (tertiary/aromatic N) is 6. The lowest BCUT2D eigenvalue weighted by Gasteiger charge is -2.45. The number of aromatic nitrogens is 4. The van der Waals surface area contributed by atoms with E-state index in [-0.39, 0.29) is 40.3 Å². The van der Waals surface area contributed by atoms with Gasteiger partial charge in [-0.15, -0.1) is 11.8 Å². The summed E-state index contributed by atoms with van der Waals surface area (Å²) in [4.78, 5) is 44.8. The van der Waals surface area contributed by atoms with Crippen molar-refractivity contribution in [2.45, 2.75) is 50.6 Å². The fraction of sp³-hybridized carbons (Fsp3) is 0.323. The molecule has 1 N–H and O–H groups in total. The summed E-state index contributed by atoms with van der Waals surface area (Å²) in [5.41, 5.74) is 0.549. The SMILES string of the molecule is C=CC(=O)N1CC(C)N2c3nc(=O)n(-c4c(C)ccnc4C(C)C)c4nc(-c5c(O)ccc(F)c5F)c(Cl)c(c34)SCC2C1. The van der Waals surface area contributed by atoms with Gasteiger partial charge in [-0.1, -0.05) is 32.0 Å². The van der Waals surface area contributed by atoms with Gasteiger partial charge in [-0.05, 0) is 49.6 Å². The highest BCUT2D eigenvalue weighted by Crippen LogP contribution is 2.48. The van der Waals surface area contributed by atoms with Crippen LogP contribution in [0.5, 0.6) is 5.75 Å². The molecule has 0 spiro atoms. The van der Waals surface area contributed by atoms with Crippen molar-refractivity contribution in [3.8, 4) is 22.7 Å². The molecule has 1 aromatic carbocycles. The highest BCUT2D eigenvalue weighted by molar-refractivity contribution is 7.99. The highest BCUT2D eigenvalue weighted by atomic mass is 35.5. The fourth-order valence-electron chi connectivity index (χ4n) is 6.11. The molecule has 2 unspecified atom stereocenters. The van der Waals surface area contributed by atoms with Gasteiger partial charge in [-0.25, -0.2) is 23.1 Å². The lowest BCUT2D eigenvalue weighted by atomic mass is 10.0. The zero-order valence-electron chi connectivity index (χ0n) is 24.4. The number of benzene rings is 1. The zero-order valence-corrected chi connectivity index (χ0v) is 26.0. The minimum Gasteiger partial charge on any atom is -0.507 e. The molecule has 4 aromatic rings. The number of rotatable bonds is 4. The summed E-state index contributed by atoms with van der Waals surface area (Å²) in [6.07, 6.45) is 2.93. The third kappa shape index (κ3) is 4.62. The van der Waals surface area contributed by atoms with Gasteiger partial charge in [0.25, 0.3) is 0 Å². The fourth-order valence-corrected chi connectivity index (χ4v) is 7.68. The molecule has 6 rings (SSSR count). The monoisotopic (exact) mass is 638 g/mol. The van der Waals surface area contributed by atoms with E-state index in [4.69, 9.17) is 16.6 Å². The maximum absolute atomic E-state index is 15.3. The Morgan fingerprint density at radius 3 is 2.68 bits per heavy atom. The molecule has 228 valence electrons. The second-order valence-electron chi connectivity index (χ2n) is 11.3. The molecule has 3 aromatic heterocycles. The van der Waals surface area contributed by atoms with Crippen LogP contribution in [0.15, 0.2) is 46.7 Å². The normalized spacial score (nSPS) is 18.0. The Morgan fingerprint density at radius 1 is 1.23 bits per heavy atom. The van der Waals surface area contributed by atoms with Gasteiger partial charge in [-0.3, -0.25) is 9.78 Å². The number of anilines is 1. The molecule has 0 saturated carbocycles. The zero-order chi connectivity index (χ0) is 31.6. The van der Waals surface area contributed by atoms with E-state index in [0.29, 0.717) is 46.3 Å². The van der Waals surface area contributed by atoms with Gasteiger partial charge < -0.3 is 14.9 Å². The molecular formula is C31H29ClF2N6O3S. The first-order valence-electron chi connectivity index (χ1n) is 14.1. The second kappa shape index (κ2) is 11.2. The number of hydrogen-bond donors (Lipinski definition) is 1. The molecule has 2 aliphatic heterocycles. The first-order valence-corrected chi connectivity index (χ1v) is 15.4. The van der Waals surface area contributed by atoms with Crippen molar-refractivity contribution in [3.05, 3.63) is 75.4 Å². The standard InChI is InChI=1S/C31H29ClF2N6O3S/c1-6-20(42)38-11-16(5)39-17(12-38)13-44-28-22-29(36-26(23(28)32)21-19(41)8-7-18(33)24(21)34)40(31(43)37-30(22)39)27-15(4)9-10-35-25(27)14(2)3/h6-10,14,16-17,41H,1,11-13H2,2-5H3. The summed E-state index contributed by atoms with van der Waals surface area (Å²) < 4.78 is 31.2. The summed E-state index contributed by atoms with van der Waals surface area (Å²) in [5, 5.41) is 11.1. The van der Waals surface area contributed by atoms with Crippen LogP contribution in [-0.4, -0.2) is 66.4 Å². The molecular weight excluding hydrogens is 610 g/mol. The summed E-state index contributed by atoms with van der Waals surface area (Å²) in [7, 11) is 0. The van der Waals surface area contributed by atoms with Crippen LogP contribution in [0.3, 0.4) is 0 Å². The molecule has 2 atom stereocenters. The van der Waals surface area contributed by atoms with Gasteiger partial charge in [0.1, 0.15) is 11.6 Å². The predicted octanol–water partition coefficient (Wildman–Crippen LogP) is 5.61. The van der Waals surface area contributed by atoms with Crippen molar-refractivity contribution >= 4 is 46.1 Å². The highest BCUT2D eigenvalue weighted by Gasteiger charge is 2.40. The van der Waals surface area contributed by atoms with Gasteiger partial charge in [0.05, 0.1) is 39.1 Å². The summed E-state index contributed by atoms with van der Waals surface area (Å²) in [6, 6.07) is 3.10. The number of carbonyl (C=O) groups excluding carboxylic acids is 1. The molecule has 9 nitrogen and oxygen atoms in total. The molecule has 1 fully saturated rings. The lowest BCUT2D eigenvalue weighted by Crippen LogP contribution is -2.60. The summed E-state index contributed by atoms with van der Waals surface area (Å²) >= 11 is 8.32. The number of aromatic hydroxyl groups is 1. The Morgan fingerprint density at radius 2 is 1.98 bits per heavy atom. The van der Waals surface area contributed by atoms with Gasteiger partial charge in [0, 0.05) is 36.0 Å². The van der Waals surface area contributed by atoms with E-state index < -0.39 is 28.6 Å². The Bertz CT molecular complexity index is 1930. The number of fused-ring (bicyclic) bond motifs is 2. The van der Waals surface area contributed by atoms with Gasteiger partial charge in [0.15, 0.2) is 17.3 Å². The third-order valence-corrected chi connectivity index (χ3v) is 9.80. The molecule has 0 radical (unpaired) electrons. The number of halogens is 3. The van der Waals surface area contributed by atoms with Crippen LogP contribution in [0.25, 0.3) is 28.0 Å². The van der Waals surface area contributed by atoms with Crippen molar-refractivity contribution in [3.63, 3.8) is 0 Å². The van der Waals surface area contributed by atoms with E-state index in [9.17, 15) is 19.1 Å². The number of aryl methyl sites for hydroxylation is 1. The summed E-state index contributed by atoms with van der Waals surface area (Å²) in [6.45, 7) is 12.0. The number of phenolic OH excluding ortho intramolecular Hbond substituents is 1. The average molecular weight is 639 g/mol. The number of pyridine rings is 2. The van der Waals surface area contributed by atoms with E-state index in [0.717, 1.165) is 17.7 Å². The molecule has 0 aliphatic carbocycles. The number of amides is 1. The lowest BCUT2D eigenvalue weighted by molar-refractivity contribution is -0.127. The average Bonchev–Trinajstić information content (AvgIpc) is 3.15. The minimum absolute atomic E-state index is 0.0194. The topological polar surface area (TPSA) is 104 Å². The molecule has 1 saturated heterocycles. The Labute approximate surface area is 261 Å². The van der Waals surface area contributed by atoms with E-state index in [1.807, 2.05) is 32.6 Å². The van der Waals surface area contributed by atoms with Crippen LogP contribution >= 0.6 is 23.4 Å². The number of phenols is 1. The Balaban J connectivity index is 1.74. The molecule has 13 heteroatoms. The predicted molar refractivity (Wildman–Crippen MR) is 167 cm³/mol. The van der Waals surface area contributed by atoms with E-state index in [1.165, 1.54) is 22.4 Å². The van der Waals surface area contributed by atoms with Crippen LogP contribution in [0, 0.1) is 18.6 Å². The van der Waals surface area contributed by atoms with Gasteiger partial charge >= 0.3 is 5.69 Å². The van der Waals surface area contributed by atoms with Crippen LogP contribution in [0.2, 0.25) is 5.02 Å². The van der Waals surface area contributed by atoms with Gasteiger partial charge in [-0.2, -0.15) is 4.98 Å². The van der Waals surface area contributed by atoms with E-state index in [2.05, 4.69) is 16.5 Å². The summed E-state index contributed by atoms with van der Waals surface area (Å²) in [5.74, 6) is -2.60. The van der Waals surface area contributed by atoms with Gasteiger partial charge in [0.2, 0.25) is 5.91 Å². The minimum atomic E-state index is -1.32. The van der Waals surface area contributed by atoms with Crippen LogP contribution in [-0.2, 0) is 4.79 Å². The number of carbonyl (C=O) groups is 1. The van der Waals surface area contributed by atoms with Crippen LogP contribution in [0.1, 0.15) is 37.9 Å². The van der Waals surface area contributed by atoms with Crippen molar-refractivity contribution in [2.75, 3.05) is 23.7 Å². The molecule has 2 aliphatic rings. The number of hydrogen-bond acceptors (Lipinski definition) is 8. The van der Waals surface area contributed by atoms with Crippen LogP contribution < -0.4 is 10.6 Å². The Hall–Kier alpha value is -4.03. The first-order chi connectivity index (χ1) is 20.9. The number of thioether (sulfide) groups is 1. The maximum atomic E-state index is 15.3. The molecule has 5 heterocycles. The quantitative estimate of drug-likeness (QED) is 0.288. The van der Waals surface area contributed by atoms with Crippen molar-refractivity contribution in [2.24, 2.45) is 0 Å². The molecule has 0 bridgehead atoms. The van der Waals surface area contributed by atoms with Crippen LogP contribution in [0.4, 0.5) is 14.6 Å². The number of piperazine rings is 1. The third-order valence-electron chi connectivity index (χ3n) is 8.07. The van der Waals surface area contributed by atoms with Crippen molar-refractivity contribution in [1.29, 1.82) is 0 Å². The van der Waals surface area contributed by atoms with E-state index in [1.54, 1.807) is 17.2 Å². The smallest absolute Gasteiger partial charge is 0.355 e. The van der Waals surface area contributed by atoms with Crippen molar-refractivity contribution < 1.29 is 18.7 Å². The second-order valence-corrected chi connectivity index (χ2v) is 12.7. The Kier molecular flexibility index (Phi) is 7.61. The first kappa shape index (κ1) is 30.0. The molecule has 1 amide bonds.